The van der Waals surface area contributed by atoms with Crippen LogP contribution in [0, 0.1) is 0 Å². The molecule has 0 aliphatic rings. The van der Waals surface area contributed by atoms with Crippen molar-refractivity contribution >= 4 is 0 Å². The van der Waals surface area contributed by atoms with Gasteiger partial charge in [-0.05, 0) is 0 Å². The number of hydrogen-bond donors (Lipinski definition) is 1. The fraction of sp³-hybridized carbons (Fsp3) is 0.667. The summed E-state index contributed by atoms with van der Waals surface area (Å²) in [7, 11) is 1.58. The Morgan fingerprint density at radius 2 is 2.23 bits per heavy atom. The maximum Gasteiger partial charge on any atom is 0.404 e. The van der Waals surface area contributed by atoms with E-state index in [0.717, 1.165) is 0 Å². The lowest BCUT2D eigenvalue weighted by atomic mass is 10.2. The van der Waals surface area contributed by atoms with Gasteiger partial charge in [-0.1, -0.05) is 5.21 Å². The van der Waals surface area contributed by atoms with E-state index in [1.807, 2.05) is 0 Å². The highest BCUT2D eigenvalue weighted by Gasteiger charge is 2.36. The van der Waals surface area contributed by atoms with Gasteiger partial charge in [0.25, 0.3) is 0 Å². The van der Waals surface area contributed by atoms with Crippen LogP contribution < -0.4 is 5.73 Å². The maximum atomic E-state index is 12.0. The SMILES string of the molecule is Cn1cc(CC(N)C(F)(F)F)nn1. The van der Waals surface area contributed by atoms with Crippen molar-refractivity contribution in [3.05, 3.63) is 11.9 Å². The molecule has 1 rings (SSSR count). The van der Waals surface area contributed by atoms with Gasteiger partial charge in [0.15, 0.2) is 0 Å². The summed E-state index contributed by atoms with van der Waals surface area (Å²) in [5, 5.41) is 7.00. The molecule has 74 valence electrons. The summed E-state index contributed by atoms with van der Waals surface area (Å²) in [4.78, 5) is 0. The predicted octanol–water partition coefficient (Wildman–Crippen LogP) is 0.247. The molecule has 0 amide bonds. The molecule has 1 atom stereocenters. The lowest BCUT2D eigenvalue weighted by Gasteiger charge is -2.13. The molecular formula is C6H9F3N4. The summed E-state index contributed by atoms with van der Waals surface area (Å²) in [6, 6.07) is -1.87. The summed E-state index contributed by atoms with van der Waals surface area (Å²) in [6.07, 6.45) is -3.31. The number of rotatable bonds is 2. The Hall–Kier alpha value is -1.11. The Morgan fingerprint density at radius 3 is 2.62 bits per heavy atom. The normalized spacial score (nSPS) is 14.5. The minimum Gasteiger partial charge on any atom is -0.320 e. The van der Waals surface area contributed by atoms with Crippen LogP contribution in [0.1, 0.15) is 5.69 Å². The van der Waals surface area contributed by atoms with Crippen LogP contribution in [-0.2, 0) is 13.5 Å². The Labute approximate surface area is 72.5 Å². The molecule has 4 nitrogen and oxygen atoms in total. The zero-order chi connectivity index (χ0) is 10.1. The molecule has 1 heterocycles. The molecule has 2 N–H and O–H groups in total. The number of nitrogens with two attached hydrogens (primary N) is 1. The zero-order valence-electron chi connectivity index (χ0n) is 6.91. The van der Waals surface area contributed by atoms with Crippen molar-refractivity contribution in [3.8, 4) is 0 Å². The Balaban J connectivity index is 2.60. The minimum absolute atomic E-state index is 0.243. The zero-order valence-corrected chi connectivity index (χ0v) is 6.91. The number of alkyl halides is 3. The van der Waals surface area contributed by atoms with E-state index < -0.39 is 12.2 Å². The third-order valence-electron chi connectivity index (χ3n) is 1.50. The van der Waals surface area contributed by atoms with Crippen molar-refractivity contribution < 1.29 is 13.2 Å². The predicted molar refractivity (Wildman–Crippen MR) is 38.7 cm³/mol. The second-order valence-electron chi connectivity index (χ2n) is 2.74. The number of aromatic nitrogens is 3. The topological polar surface area (TPSA) is 56.7 Å². The first-order chi connectivity index (χ1) is 5.89. The van der Waals surface area contributed by atoms with E-state index >= 15 is 0 Å². The smallest absolute Gasteiger partial charge is 0.320 e. The van der Waals surface area contributed by atoms with Crippen LogP contribution >= 0.6 is 0 Å². The summed E-state index contributed by atoms with van der Waals surface area (Å²) in [5.74, 6) is 0. The van der Waals surface area contributed by atoms with E-state index in [1.165, 1.54) is 10.9 Å². The summed E-state index contributed by atoms with van der Waals surface area (Å²) in [5.41, 5.74) is 5.13. The Morgan fingerprint density at radius 1 is 1.62 bits per heavy atom. The first kappa shape index (κ1) is 9.97. The number of aryl methyl sites for hydroxylation is 1. The van der Waals surface area contributed by atoms with Crippen LogP contribution in [-0.4, -0.2) is 27.2 Å². The number of hydrogen-bond acceptors (Lipinski definition) is 3. The van der Waals surface area contributed by atoms with Gasteiger partial charge in [-0.3, -0.25) is 4.68 Å². The van der Waals surface area contributed by atoms with Crippen molar-refractivity contribution in [1.82, 2.24) is 15.0 Å². The van der Waals surface area contributed by atoms with E-state index in [1.54, 1.807) is 7.05 Å². The standard InChI is InChI=1S/C6H9F3N4/c1-13-3-4(11-12-13)2-5(10)6(7,8)9/h3,5H,2,10H2,1H3. The van der Waals surface area contributed by atoms with Crippen LogP contribution in [0.25, 0.3) is 0 Å². The van der Waals surface area contributed by atoms with Gasteiger partial charge < -0.3 is 5.73 Å². The molecule has 0 aliphatic carbocycles. The van der Waals surface area contributed by atoms with Crippen molar-refractivity contribution in [2.75, 3.05) is 0 Å². The van der Waals surface area contributed by atoms with Crippen molar-refractivity contribution in [1.29, 1.82) is 0 Å². The van der Waals surface area contributed by atoms with Gasteiger partial charge in [-0.15, -0.1) is 5.10 Å². The van der Waals surface area contributed by atoms with Gasteiger partial charge >= 0.3 is 6.18 Å². The highest BCUT2D eigenvalue weighted by Crippen LogP contribution is 2.20. The lowest BCUT2D eigenvalue weighted by molar-refractivity contribution is -0.147. The largest absolute Gasteiger partial charge is 0.404 e. The Kier molecular flexibility index (Phi) is 2.55. The van der Waals surface area contributed by atoms with Crippen molar-refractivity contribution in [3.63, 3.8) is 0 Å². The van der Waals surface area contributed by atoms with Gasteiger partial charge in [0.1, 0.15) is 6.04 Å². The molecule has 0 saturated carbocycles. The van der Waals surface area contributed by atoms with E-state index in [0.29, 0.717) is 0 Å². The molecule has 0 aromatic carbocycles. The van der Waals surface area contributed by atoms with Crippen molar-refractivity contribution in [2.45, 2.75) is 18.6 Å². The average Bonchev–Trinajstić information content (AvgIpc) is 2.33. The van der Waals surface area contributed by atoms with E-state index in [4.69, 9.17) is 5.73 Å². The van der Waals surface area contributed by atoms with E-state index in [9.17, 15) is 13.2 Å². The first-order valence-corrected chi connectivity index (χ1v) is 3.57. The molecular weight excluding hydrogens is 185 g/mol. The van der Waals surface area contributed by atoms with Crippen LogP contribution in [0.2, 0.25) is 0 Å². The number of nitrogens with zero attached hydrogens (tertiary/aromatic N) is 3. The fourth-order valence-electron chi connectivity index (χ4n) is 0.830. The molecule has 13 heavy (non-hydrogen) atoms. The van der Waals surface area contributed by atoms with Gasteiger partial charge in [0.05, 0.1) is 5.69 Å². The number of halogens is 3. The minimum atomic E-state index is -4.38. The third-order valence-corrected chi connectivity index (χ3v) is 1.50. The quantitative estimate of drug-likeness (QED) is 0.734. The second-order valence-corrected chi connectivity index (χ2v) is 2.74. The molecule has 1 aromatic rings. The Bertz CT molecular complexity index is 280. The fourth-order valence-corrected chi connectivity index (χ4v) is 0.830. The molecule has 0 aliphatic heterocycles. The van der Waals surface area contributed by atoms with Gasteiger partial charge in [0, 0.05) is 19.7 Å². The van der Waals surface area contributed by atoms with Crippen LogP contribution in [0.3, 0.4) is 0 Å². The van der Waals surface area contributed by atoms with Crippen LogP contribution in [0.4, 0.5) is 13.2 Å². The van der Waals surface area contributed by atoms with Gasteiger partial charge in [0.2, 0.25) is 0 Å². The lowest BCUT2D eigenvalue weighted by Crippen LogP contribution is -2.39. The molecule has 1 aromatic heterocycles. The van der Waals surface area contributed by atoms with Crippen molar-refractivity contribution in [2.24, 2.45) is 12.8 Å². The molecule has 7 heteroatoms. The summed E-state index contributed by atoms with van der Waals surface area (Å²) >= 11 is 0. The van der Waals surface area contributed by atoms with E-state index in [-0.39, 0.29) is 12.1 Å². The molecule has 0 radical (unpaired) electrons. The first-order valence-electron chi connectivity index (χ1n) is 3.57. The highest BCUT2D eigenvalue weighted by atomic mass is 19.4. The third kappa shape index (κ3) is 2.69. The van der Waals surface area contributed by atoms with E-state index in [2.05, 4.69) is 10.3 Å². The molecule has 0 bridgehead atoms. The highest BCUT2D eigenvalue weighted by molar-refractivity contribution is 4.96. The summed E-state index contributed by atoms with van der Waals surface area (Å²) in [6.45, 7) is 0. The summed E-state index contributed by atoms with van der Waals surface area (Å²) < 4.78 is 37.2. The van der Waals surface area contributed by atoms with Crippen LogP contribution in [0.15, 0.2) is 6.20 Å². The molecule has 0 fully saturated rings. The average molecular weight is 194 g/mol. The monoisotopic (exact) mass is 194 g/mol. The van der Waals surface area contributed by atoms with Crippen LogP contribution in [0.5, 0.6) is 0 Å². The molecule has 1 unspecified atom stereocenters. The molecule has 0 saturated heterocycles. The van der Waals surface area contributed by atoms with Gasteiger partial charge in [-0.2, -0.15) is 13.2 Å². The second kappa shape index (κ2) is 3.33. The van der Waals surface area contributed by atoms with Gasteiger partial charge in [-0.25, -0.2) is 0 Å². The molecule has 0 spiro atoms. The maximum absolute atomic E-state index is 12.0.